The molecule has 1 aromatic rings. The Morgan fingerprint density at radius 1 is 1.12 bits per heavy atom. The predicted molar refractivity (Wildman–Crippen MR) is 105 cm³/mol. The van der Waals surface area contributed by atoms with Crippen molar-refractivity contribution in [2.75, 3.05) is 26.2 Å². The van der Waals surface area contributed by atoms with Gasteiger partial charge < -0.3 is 20.1 Å². The van der Waals surface area contributed by atoms with E-state index >= 15 is 0 Å². The van der Waals surface area contributed by atoms with Crippen molar-refractivity contribution in [3.05, 3.63) is 29.8 Å². The Balaban J connectivity index is 0.00000243. The summed E-state index contributed by atoms with van der Waals surface area (Å²) >= 11 is 0. The van der Waals surface area contributed by atoms with Crippen molar-refractivity contribution >= 4 is 18.3 Å². The van der Waals surface area contributed by atoms with Crippen LogP contribution in [0, 0.1) is 0 Å². The van der Waals surface area contributed by atoms with Crippen molar-refractivity contribution in [2.45, 2.75) is 57.2 Å². The van der Waals surface area contributed by atoms with Gasteiger partial charge in [-0.1, -0.05) is 6.07 Å². The zero-order valence-corrected chi connectivity index (χ0v) is 16.2. The van der Waals surface area contributed by atoms with E-state index in [1.165, 1.54) is 12.8 Å². The number of ether oxygens (including phenoxy) is 2. The molecule has 2 aliphatic rings. The second-order valence-electron chi connectivity index (χ2n) is 7.06. The molecule has 1 amide bonds. The minimum absolute atomic E-state index is 0. The molecule has 1 heterocycles. The van der Waals surface area contributed by atoms with Crippen LogP contribution in [0.4, 0.5) is 0 Å². The molecule has 0 radical (unpaired) electrons. The van der Waals surface area contributed by atoms with Crippen molar-refractivity contribution in [3.8, 4) is 5.75 Å². The lowest BCUT2D eigenvalue weighted by molar-refractivity contribution is 0.00843. The summed E-state index contributed by atoms with van der Waals surface area (Å²) in [6.07, 6.45) is 7.98. The summed E-state index contributed by atoms with van der Waals surface area (Å²) in [6, 6.07) is 7.64. The lowest BCUT2D eigenvalue weighted by Crippen LogP contribution is -2.41. The van der Waals surface area contributed by atoms with Gasteiger partial charge in [-0.15, -0.1) is 12.4 Å². The third kappa shape index (κ3) is 5.86. The van der Waals surface area contributed by atoms with Crippen molar-refractivity contribution in [3.63, 3.8) is 0 Å². The van der Waals surface area contributed by atoms with Crippen molar-refractivity contribution in [1.29, 1.82) is 0 Å². The van der Waals surface area contributed by atoms with E-state index in [-0.39, 0.29) is 24.4 Å². The number of nitrogens with zero attached hydrogens (tertiary/aromatic N) is 1. The van der Waals surface area contributed by atoms with E-state index in [0.717, 1.165) is 63.1 Å². The Morgan fingerprint density at radius 3 is 2.54 bits per heavy atom. The van der Waals surface area contributed by atoms with E-state index in [0.29, 0.717) is 12.6 Å². The van der Waals surface area contributed by atoms with Crippen LogP contribution in [0.2, 0.25) is 0 Å². The number of benzene rings is 1. The summed E-state index contributed by atoms with van der Waals surface area (Å²) in [5, 5.41) is 0. The normalized spacial score (nSPS) is 18.6. The molecule has 0 unspecified atom stereocenters. The summed E-state index contributed by atoms with van der Waals surface area (Å²) in [6.45, 7) is 2.88. The minimum Gasteiger partial charge on any atom is -0.490 e. The molecule has 1 aromatic carbocycles. The van der Waals surface area contributed by atoms with Gasteiger partial charge in [0.25, 0.3) is 5.91 Å². The highest BCUT2D eigenvalue weighted by Crippen LogP contribution is 2.25. The van der Waals surface area contributed by atoms with Gasteiger partial charge in [-0.3, -0.25) is 4.79 Å². The number of carbonyl (C=O) groups excluding carboxylic acids is 1. The molecule has 0 spiro atoms. The molecule has 3 rings (SSSR count). The summed E-state index contributed by atoms with van der Waals surface area (Å²) in [7, 11) is 0. The van der Waals surface area contributed by atoms with Gasteiger partial charge in [-0.25, -0.2) is 0 Å². The van der Waals surface area contributed by atoms with Crippen molar-refractivity contribution in [1.82, 2.24) is 4.90 Å². The SMILES string of the molecule is Cl.NCCCOC1CCN(C(=O)c2cccc(OC3CCCC3)c2)CC1. The van der Waals surface area contributed by atoms with Crippen LogP contribution in [0.15, 0.2) is 24.3 Å². The fraction of sp³-hybridized carbons (Fsp3) is 0.650. The molecule has 0 bridgehead atoms. The maximum Gasteiger partial charge on any atom is 0.253 e. The number of likely N-dealkylation sites (tertiary alicyclic amines) is 1. The number of hydrogen-bond acceptors (Lipinski definition) is 4. The molecule has 1 saturated heterocycles. The van der Waals surface area contributed by atoms with Gasteiger partial charge in [0, 0.05) is 25.3 Å². The quantitative estimate of drug-likeness (QED) is 0.734. The van der Waals surface area contributed by atoms with Crippen LogP contribution < -0.4 is 10.5 Å². The molecule has 1 saturated carbocycles. The van der Waals surface area contributed by atoms with E-state index in [4.69, 9.17) is 15.2 Å². The maximum absolute atomic E-state index is 12.8. The molecule has 5 nitrogen and oxygen atoms in total. The van der Waals surface area contributed by atoms with E-state index < -0.39 is 0 Å². The first kappa shape index (κ1) is 21.0. The molecule has 2 fully saturated rings. The Labute approximate surface area is 162 Å². The Morgan fingerprint density at radius 2 is 1.85 bits per heavy atom. The van der Waals surface area contributed by atoms with Crippen LogP contribution in [0.1, 0.15) is 55.3 Å². The molecule has 6 heteroatoms. The average molecular weight is 383 g/mol. The molecule has 1 aliphatic carbocycles. The molecular formula is C20H31ClN2O3. The fourth-order valence-electron chi connectivity index (χ4n) is 3.64. The van der Waals surface area contributed by atoms with Gasteiger partial charge in [-0.2, -0.15) is 0 Å². The summed E-state index contributed by atoms with van der Waals surface area (Å²) in [5.74, 6) is 0.912. The van der Waals surface area contributed by atoms with Crippen LogP contribution in [0.5, 0.6) is 5.75 Å². The lowest BCUT2D eigenvalue weighted by Gasteiger charge is -2.32. The van der Waals surface area contributed by atoms with Gasteiger partial charge in [0.15, 0.2) is 0 Å². The van der Waals surface area contributed by atoms with E-state index in [1.54, 1.807) is 0 Å². The molecule has 0 aromatic heterocycles. The zero-order valence-electron chi connectivity index (χ0n) is 15.4. The van der Waals surface area contributed by atoms with E-state index in [1.807, 2.05) is 29.2 Å². The predicted octanol–water partition coefficient (Wildman–Crippen LogP) is 3.40. The first-order chi connectivity index (χ1) is 12.3. The molecule has 146 valence electrons. The summed E-state index contributed by atoms with van der Waals surface area (Å²) in [4.78, 5) is 14.7. The first-order valence-electron chi connectivity index (χ1n) is 9.64. The van der Waals surface area contributed by atoms with E-state index in [2.05, 4.69) is 0 Å². The summed E-state index contributed by atoms with van der Waals surface area (Å²) < 4.78 is 11.8. The number of hydrogen-bond donors (Lipinski definition) is 1. The Hall–Kier alpha value is -1.30. The highest BCUT2D eigenvalue weighted by Gasteiger charge is 2.24. The first-order valence-corrected chi connectivity index (χ1v) is 9.64. The van der Waals surface area contributed by atoms with Crippen molar-refractivity contribution in [2.24, 2.45) is 5.73 Å². The highest BCUT2D eigenvalue weighted by atomic mass is 35.5. The standard InChI is InChI=1S/C20H30N2O3.ClH/c21-11-4-14-24-17-9-12-22(13-10-17)20(23)16-5-3-8-19(15-16)25-18-6-1-2-7-18;/h3,5,8,15,17-18H,1-2,4,6-7,9-14,21H2;1H. The number of piperidine rings is 1. The molecule has 1 aliphatic heterocycles. The number of carbonyl (C=O) groups is 1. The second kappa shape index (κ2) is 10.8. The van der Waals surface area contributed by atoms with Gasteiger partial charge in [0.1, 0.15) is 5.75 Å². The number of rotatable bonds is 7. The smallest absolute Gasteiger partial charge is 0.253 e. The molecule has 26 heavy (non-hydrogen) atoms. The highest BCUT2D eigenvalue weighted by molar-refractivity contribution is 5.94. The number of nitrogens with two attached hydrogens (primary N) is 1. The summed E-state index contributed by atoms with van der Waals surface area (Å²) in [5.41, 5.74) is 6.21. The van der Waals surface area contributed by atoms with Gasteiger partial charge in [-0.05, 0) is 69.7 Å². The fourth-order valence-corrected chi connectivity index (χ4v) is 3.64. The second-order valence-corrected chi connectivity index (χ2v) is 7.06. The Kier molecular flexibility index (Phi) is 8.69. The van der Waals surface area contributed by atoms with Crippen LogP contribution in [0.3, 0.4) is 0 Å². The van der Waals surface area contributed by atoms with Gasteiger partial charge >= 0.3 is 0 Å². The van der Waals surface area contributed by atoms with Crippen molar-refractivity contribution < 1.29 is 14.3 Å². The number of halogens is 1. The molecule has 2 N–H and O–H groups in total. The molecular weight excluding hydrogens is 352 g/mol. The maximum atomic E-state index is 12.8. The van der Waals surface area contributed by atoms with Crippen LogP contribution >= 0.6 is 12.4 Å². The third-order valence-corrected chi connectivity index (χ3v) is 5.12. The van der Waals surface area contributed by atoms with Gasteiger partial charge in [0.2, 0.25) is 0 Å². The Bertz CT molecular complexity index is 556. The van der Waals surface area contributed by atoms with Crippen LogP contribution in [0.25, 0.3) is 0 Å². The van der Waals surface area contributed by atoms with Gasteiger partial charge in [0.05, 0.1) is 12.2 Å². The number of amides is 1. The average Bonchev–Trinajstić information content (AvgIpc) is 3.15. The monoisotopic (exact) mass is 382 g/mol. The third-order valence-electron chi connectivity index (χ3n) is 5.12. The van der Waals surface area contributed by atoms with E-state index in [9.17, 15) is 4.79 Å². The minimum atomic E-state index is 0. The topological polar surface area (TPSA) is 64.8 Å². The lowest BCUT2D eigenvalue weighted by atomic mass is 10.1. The molecule has 0 atom stereocenters. The van der Waals surface area contributed by atoms with Crippen LogP contribution in [-0.4, -0.2) is 49.3 Å². The van der Waals surface area contributed by atoms with Crippen LogP contribution in [-0.2, 0) is 4.74 Å². The zero-order chi connectivity index (χ0) is 17.5. The largest absolute Gasteiger partial charge is 0.490 e.